The van der Waals surface area contributed by atoms with Gasteiger partial charge in [-0.1, -0.05) is 37.3 Å². The van der Waals surface area contributed by atoms with Crippen molar-refractivity contribution in [2.45, 2.75) is 44.8 Å². The van der Waals surface area contributed by atoms with Crippen LogP contribution in [-0.2, 0) is 11.2 Å². The fourth-order valence-electron chi connectivity index (χ4n) is 3.04. The summed E-state index contributed by atoms with van der Waals surface area (Å²) in [4.78, 5) is 2.48. The molecule has 0 aliphatic carbocycles. The summed E-state index contributed by atoms with van der Waals surface area (Å²) >= 11 is 0. The van der Waals surface area contributed by atoms with Gasteiger partial charge in [0.2, 0.25) is 0 Å². The van der Waals surface area contributed by atoms with E-state index in [0.29, 0.717) is 0 Å². The second-order valence-corrected chi connectivity index (χ2v) is 5.86. The molecule has 0 radical (unpaired) electrons. The lowest BCUT2D eigenvalue weighted by molar-refractivity contribution is -0.0478. The Balaban J connectivity index is 1.76. The van der Waals surface area contributed by atoms with Gasteiger partial charge in [-0.3, -0.25) is 16.2 Å². The predicted molar refractivity (Wildman–Crippen MR) is 87.0 cm³/mol. The van der Waals surface area contributed by atoms with Gasteiger partial charge < -0.3 is 4.74 Å². The number of nitrogens with two attached hydrogens (primary N) is 1. The summed E-state index contributed by atoms with van der Waals surface area (Å²) in [5.74, 6) is 5.75. The van der Waals surface area contributed by atoms with Gasteiger partial charge in [0.15, 0.2) is 0 Å². The first kappa shape index (κ1) is 16.4. The molecular formula is C17H29N3O. The van der Waals surface area contributed by atoms with Crippen LogP contribution in [0.3, 0.4) is 0 Å². The van der Waals surface area contributed by atoms with Crippen molar-refractivity contribution in [3.63, 3.8) is 0 Å². The van der Waals surface area contributed by atoms with Gasteiger partial charge in [-0.25, -0.2) is 0 Å². The highest BCUT2D eigenvalue weighted by Gasteiger charge is 2.26. The molecule has 2 atom stereocenters. The topological polar surface area (TPSA) is 50.5 Å². The molecule has 3 N–H and O–H groups in total. The van der Waals surface area contributed by atoms with E-state index in [1.165, 1.54) is 12.0 Å². The van der Waals surface area contributed by atoms with Crippen molar-refractivity contribution in [3.8, 4) is 0 Å². The van der Waals surface area contributed by atoms with Gasteiger partial charge in [0, 0.05) is 19.1 Å². The molecule has 0 saturated carbocycles. The molecule has 1 aromatic carbocycles. The van der Waals surface area contributed by atoms with Crippen LogP contribution >= 0.6 is 0 Å². The van der Waals surface area contributed by atoms with Gasteiger partial charge in [0.25, 0.3) is 0 Å². The summed E-state index contributed by atoms with van der Waals surface area (Å²) in [5.41, 5.74) is 4.36. The molecule has 1 heterocycles. The maximum atomic E-state index is 5.93. The summed E-state index contributed by atoms with van der Waals surface area (Å²) in [6.07, 6.45) is 4.69. The Labute approximate surface area is 128 Å². The summed E-state index contributed by atoms with van der Waals surface area (Å²) in [5, 5.41) is 0. The average molecular weight is 291 g/mol. The standard InChI is InChI=1S/C17H29N3O/c1-2-11-20-12-13-21-17(14-20)16(19-18)10-6-9-15-7-4-3-5-8-15/h3-5,7-8,16-17,19H,2,6,9-14,18H2,1H3. The molecule has 0 aromatic heterocycles. The summed E-state index contributed by atoms with van der Waals surface area (Å²) in [6, 6.07) is 10.9. The molecule has 0 bridgehead atoms. The molecule has 4 nitrogen and oxygen atoms in total. The number of rotatable bonds is 8. The smallest absolute Gasteiger partial charge is 0.0868 e. The molecule has 0 amide bonds. The number of nitrogens with zero attached hydrogens (tertiary/aromatic N) is 1. The summed E-state index contributed by atoms with van der Waals surface area (Å²) in [7, 11) is 0. The largest absolute Gasteiger partial charge is 0.374 e. The molecule has 21 heavy (non-hydrogen) atoms. The van der Waals surface area contributed by atoms with Gasteiger partial charge in [-0.05, 0) is 37.8 Å². The van der Waals surface area contributed by atoms with Crippen molar-refractivity contribution in [1.29, 1.82) is 0 Å². The van der Waals surface area contributed by atoms with Crippen LogP contribution in [0, 0.1) is 0 Å². The van der Waals surface area contributed by atoms with Crippen LogP contribution in [0.4, 0.5) is 0 Å². The number of hydrazine groups is 1. The molecule has 2 rings (SSSR count). The molecule has 1 aliphatic heterocycles. The maximum absolute atomic E-state index is 5.93. The van der Waals surface area contributed by atoms with Crippen LogP contribution < -0.4 is 11.3 Å². The number of ether oxygens (including phenoxy) is 1. The normalized spacial score (nSPS) is 21.3. The van der Waals surface area contributed by atoms with Crippen LogP contribution in [0.25, 0.3) is 0 Å². The monoisotopic (exact) mass is 291 g/mol. The Morgan fingerprint density at radius 1 is 1.38 bits per heavy atom. The van der Waals surface area contributed by atoms with E-state index in [9.17, 15) is 0 Å². The van der Waals surface area contributed by atoms with Crippen molar-refractivity contribution in [2.75, 3.05) is 26.2 Å². The van der Waals surface area contributed by atoms with Gasteiger partial charge in [-0.2, -0.15) is 0 Å². The zero-order chi connectivity index (χ0) is 14.9. The SMILES string of the molecule is CCCN1CCOC(C(CCCc2ccccc2)NN)C1. The van der Waals surface area contributed by atoms with E-state index in [1.54, 1.807) is 0 Å². The molecule has 0 spiro atoms. The minimum atomic E-state index is 0.214. The van der Waals surface area contributed by atoms with Gasteiger partial charge >= 0.3 is 0 Å². The number of morpholine rings is 1. The van der Waals surface area contributed by atoms with Crippen LogP contribution in [0.1, 0.15) is 31.7 Å². The number of aryl methyl sites for hydroxylation is 1. The van der Waals surface area contributed by atoms with E-state index in [4.69, 9.17) is 10.6 Å². The number of benzene rings is 1. The maximum Gasteiger partial charge on any atom is 0.0868 e. The van der Waals surface area contributed by atoms with Crippen molar-refractivity contribution in [3.05, 3.63) is 35.9 Å². The molecule has 4 heteroatoms. The highest BCUT2D eigenvalue weighted by molar-refractivity contribution is 5.14. The predicted octanol–water partition coefficient (Wildman–Crippen LogP) is 1.95. The Hall–Kier alpha value is -0.940. The third kappa shape index (κ3) is 5.40. The van der Waals surface area contributed by atoms with Gasteiger partial charge in [0.1, 0.15) is 0 Å². The first-order valence-corrected chi connectivity index (χ1v) is 8.17. The van der Waals surface area contributed by atoms with E-state index in [-0.39, 0.29) is 12.1 Å². The number of hydrogen-bond donors (Lipinski definition) is 2. The van der Waals surface area contributed by atoms with Crippen molar-refractivity contribution in [2.24, 2.45) is 5.84 Å². The molecule has 2 unspecified atom stereocenters. The van der Waals surface area contributed by atoms with Crippen LogP contribution in [-0.4, -0.2) is 43.3 Å². The molecule has 1 aromatic rings. The Morgan fingerprint density at radius 3 is 2.90 bits per heavy atom. The minimum absolute atomic E-state index is 0.214. The van der Waals surface area contributed by atoms with E-state index in [0.717, 1.165) is 45.5 Å². The van der Waals surface area contributed by atoms with Crippen LogP contribution in [0.2, 0.25) is 0 Å². The van der Waals surface area contributed by atoms with Crippen molar-refractivity contribution < 1.29 is 4.74 Å². The lowest BCUT2D eigenvalue weighted by atomic mass is 10.0. The quantitative estimate of drug-likeness (QED) is 0.568. The zero-order valence-electron chi connectivity index (χ0n) is 13.1. The van der Waals surface area contributed by atoms with Crippen molar-refractivity contribution >= 4 is 0 Å². The highest BCUT2D eigenvalue weighted by Crippen LogP contribution is 2.14. The minimum Gasteiger partial charge on any atom is -0.374 e. The third-order valence-corrected chi connectivity index (χ3v) is 4.20. The molecular weight excluding hydrogens is 262 g/mol. The van der Waals surface area contributed by atoms with Gasteiger partial charge in [-0.15, -0.1) is 0 Å². The second-order valence-electron chi connectivity index (χ2n) is 5.86. The fourth-order valence-corrected chi connectivity index (χ4v) is 3.04. The first-order chi connectivity index (χ1) is 10.3. The zero-order valence-corrected chi connectivity index (χ0v) is 13.1. The highest BCUT2D eigenvalue weighted by atomic mass is 16.5. The van der Waals surface area contributed by atoms with E-state index in [1.807, 2.05) is 0 Å². The summed E-state index contributed by atoms with van der Waals surface area (Å²) in [6.45, 7) is 6.24. The molecule has 118 valence electrons. The Kier molecular flexibility index (Phi) is 7.16. The second kappa shape index (κ2) is 9.15. The lowest BCUT2D eigenvalue weighted by Crippen LogP contribution is -2.54. The van der Waals surface area contributed by atoms with E-state index in [2.05, 4.69) is 47.6 Å². The molecule has 1 aliphatic rings. The Bertz CT molecular complexity index is 383. The van der Waals surface area contributed by atoms with Crippen LogP contribution in [0.5, 0.6) is 0 Å². The first-order valence-electron chi connectivity index (χ1n) is 8.17. The van der Waals surface area contributed by atoms with E-state index >= 15 is 0 Å². The summed E-state index contributed by atoms with van der Waals surface area (Å²) < 4.78 is 5.93. The fraction of sp³-hybridized carbons (Fsp3) is 0.647. The van der Waals surface area contributed by atoms with Crippen LogP contribution in [0.15, 0.2) is 30.3 Å². The molecule has 1 saturated heterocycles. The van der Waals surface area contributed by atoms with E-state index < -0.39 is 0 Å². The number of hydrogen-bond acceptors (Lipinski definition) is 4. The average Bonchev–Trinajstić information content (AvgIpc) is 2.53. The molecule has 1 fully saturated rings. The Morgan fingerprint density at radius 2 is 2.19 bits per heavy atom. The number of nitrogens with one attached hydrogen (secondary N) is 1. The lowest BCUT2D eigenvalue weighted by Gasteiger charge is -2.36. The van der Waals surface area contributed by atoms with Crippen molar-refractivity contribution in [1.82, 2.24) is 10.3 Å². The third-order valence-electron chi connectivity index (χ3n) is 4.20. The van der Waals surface area contributed by atoms with Gasteiger partial charge in [0.05, 0.1) is 12.7 Å².